The Morgan fingerprint density at radius 2 is 1.96 bits per heavy atom. The first-order valence-corrected chi connectivity index (χ1v) is 7.36. The molecule has 24 heavy (non-hydrogen) atoms. The minimum absolute atomic E-state index is 0.111. The maximum Gasteiger partial charge on any atom is 0.277 e. The molecule has 2 aromatic rings. The van der Waals surface area contributed by atoms with E-state index in [0.29, 0.717) is 17.2 Å². The normalized spacial score (nSPS) is 10.5. The number of carbonyl (C=O) groups is 1. The van der Waals surface area contributed by atoms with E-state index in [1.54, 1.807) is 38.5 Å². The number of nitrogens with zero attached hydrogens (tertiary/aromatic N) is 1. The molecule has 0 aromatic heterocycles. The fourth-order valence-corrected chi connectivity index (χ4v) is 1.99. The van der Waals surface area contributed by atoms with E-state index < -0.39 is 0 Å². The number of carbonyl (C=O) groups excluding carboxylic acids is 1. The van der Waals surface area contributed by atoms with E-state index in [4.69, 9.17) is 14.2 Å². The Bertz CT molecular complexity index is 729. The summed E-state index contributed by atoms with van der Waals surface area (Å²) in [6, 6.07) is 12.8. The third-order valence-corrected chi connectivity index (χ3v) is 3.19. The van der Waals surface area contributed by atoms with Crippen molar-refractivity contribution in [1.29, 1.82) is 0 Å². The van der Waals surface area contributed by atoms with E-state index in [1.165, 1.54) is 6.21 Å². The number of hydrazone groups is 1. The second-order valence-electron chi connectivity index (χ2n) is 5.01. The zero-order valence-electron chi connectivity index (χ0n) is 13.9. The lowest BCUT2D eigenvalue weighted by molar-refractivity contribution is -0.123. The van der Waals surface area contributed by atoms with Gasteiger partial charge in [0, 0.05) is 11.6 Å². The number of benzene rings is 2. The summed E-state index contributed by atoms with van der Waals surface area (Å²) < 4.78 is 15.8. The quantitative estimate of drug-likeness (QED) is 0.626. The maximum atomic E-state index is 11.7. The number of hydrogen-bond acceptors (Lipinski definition) is 5. The summed E-state index contributed by atoms with van der Waals surface area (Å²) in [7, 11) is 3.14. The van der Waals surface area contributed by atoms with Gasteiger partial charge in [-0.1, -0.05) is 12.1 Å². The lowest BCUT2D eigenvalue weighted by Gasteiger charge is -2.07. The highest BCUT2D eigenvalue weighted by molar-refractivity contribution is 5.85. The predicted octanol–water partition coefficient (Wildman–Crippen LogP) is 2.54. The smallest absolute Gasteiger partial charge is 0.277 e. The van der Waals surface area contributed by atoms with Gasteiger partial charge in [-0.25, -0.2) is 5.43 Å². The van der Waals surface area contributed by atoms with Crippen molar-refractivity contribution in [3.05, 3.63) is 53.6 Å². The number of hydrogen-bond donors (Lipinski definition) is 1. The summed E-state index contributed by atoms with van der Waals surface area (Å²) in [5, 5.41) is 3.91. The molecular weight excluding hydrogens is 308 g/mol. The summed E-state index contributed by atoms with van der Waals surface area (Å²) in [4.78, 5) is 11.7. The minimum Gasteiger partial charge on any atom is -0.497 e. The monoisotopic (exact) mass is 328 g/mol. The molecule has 6 heteroatoms. The van der Waals surface area contributed by atoms with E-state index >= 15 is 0 Å². The Labute approximate surface area is 141 Å². The lowest BCUT2D eigenvalue weighted by Crippen LogP contribution is -2.24. The van der Waals surface area contributed by atoms with Gasteiger partial charge in [0.05, 0.1) is 20.4 Å². The molecule has 1 N–H and O–H groups in total. The molecule has 2 aromatic carbocycles. The largest absolute Gasteiger partial charge is 0.497 e. The molecule has 0 aliphatic heterocycles. The number of ether oxygens (including phenoxy) is 3. The molecule has 0 heterocycles. The van der Waals surface area contributed by atoms with Crippen LogP contribution in [0.4, 0.5) is 0 Å². The van der Waals surface area contributed by atoms with Crippen LogP contribution in [0.5, 0.6) is 17.2 Å². The van der Waals surface area contributed by atoms with Crippen molar-refractivity contribution in [2.45, 2.75) is 6.92 Å². The van der Waals surface area contributed by atoms with Crippen molar-refractivity contribution in [2.24, 2.45) is 5.10 Å². The first-order valence-electron chi connectivity index (χ1n) is 7.36. The Kier molecular flexibility index (Phi) is 6.19. The highest BCUT2D eigenvalue weighted by Gasteiger charge is 2.04. The van der Waals surface area contributed by atoms with Crippen molar-refractivity contribution in [3.63, 3.8) is 0 Å². The molecule has 0 saturated heterocycles. The summed E-state index contributed by atoms with van der Waals surface area (Å²) in [5.41, 5.74) is 4.20. The Hall–Kier alpha value is -3.02. The molecule has 0 saturated carbocycles. The highest BCUT2D eigenvalue weighted by atomic mass is 16.5. The van der Waals surface area contributed by atoms with Gasteiger partial charge < -0.3 is 14.2 Å². The molecule has 6 nitrogen and oxygen atoms in total. The average Bonchev–Trinajstić information content (AvgIpc) is 2.60. The van der Waals surface area contributed by atoms with Gasteiger partial charge in [-0.15, -0.1) is 0 Å². The number of methoxy groups -OCH3 is 2. The standard InChI is InChI=1S/C18H20N2O4/c1-13-5-4-6-16(9-13)24-12-18(21)20-19-11-14-7-8-15(22-2)10-17(14)23-3/h4-11H,12H2,1-3H3,(H,20,21). The van der Waals surface area contributed by atoms with Gasteiger partial charge in [0.1, 0.15) is 17.2 Å². The van der Waals surface area contributed by atoms with Gasteiger partial charge in [0.2, 0.25) is 0 Å². The fourth-order valence-electron chi connectivity index (χ4n) is 1.99. The van der Waals surface area contributed by atoms with Crippen LogP contribution in [0, 0.1) is 6.92 Å². The molecule has 2 rings (SSSR count). The van der Waals surface area contributed by atoms with Crippen LogP contribution in [-0.2, 0) is 4.79 Å². The molecule has 126 valence electrons. The summed E-state index contributed by atoms with van der Waals surface area (Å²) in [6.45, 7) is 1.85. The zero-order chi connectivity index (χ0) is 17.4. The zero-order valence-corrected chi connectivity index (χ0v) is 13.9. The van der Waals surface area contributed by atoms with Crippen molar-refractivity contribution in [2.75, 3.05) is 20.8 Å². The van der Waals surface area contributed by atoms with Crippen LogP contribution < -0.4 is 19.6 Å². The van der Waals surface area contributed by atoms with Crippen molar-refractivity contribution < 1.29 is 19.0 Å². The third kappa shape index (κ3) is 5.01. The second kappa shape index (κ2) is 8.57. The third-order valence-electron chi connectivity index (χ3n) is 3.19. The molecule has 0 radical (unpaired) electrons. The molecule has 0 fully saturated rings. The summed E-state index contributed by atoms with van der Waals surface area (Å²) >= 11 is 0. The van der Waals surface area contributed by atoms with Crippen molar-refractivity contribution in [3.8, 4) is 17.2 Å². The topological polar surface area (TPSA) is 69.2 Å². The maximum absolute atomic E-state index is 11.7. The van der Waals surface area contributed by atoms with E-state index in [-0.39, 0.29) is 12.5 Å². The SMILES string of the molecule is COc1ccc(C=NNC(=O)COc2cccc(C)c2)c(OC)c1. The fraction of sp³-hybridized carbons (Fsp3) is 0.222. The van der Waals surface area contributed by atoms with Crippen molar-refractivity contribution in [1.82, 2.24) is 5.43 Å². The van der Waals surface area contributed by atoms with Gasteiger partial charge in [-0.05, 0) is 36.8 Å². The summed E-state index contributed by atoms with van der Waals surface area (Å²) in [5.74, 6) is 1.58. The first kappa shape index (κ1) is 17.3. The second-order valence-corrected chi connectivity index (χ2v) is 5.01. The molecule has 1 amide bonds. The van der Waals surface area contributed by atoms with Crippen LogP contribution in [0.15, 0.2) is 47.6 Å². The van der Waals surface area contributed by atoms with Crippen LogP contribution in [0.3, 0.4) is 0 Å². The predicted molar refractivity (Wildman–Crippen MR) is 92.0 cm³/mol. The van der Waals surface area contributed by atoms with Gasteiger partial charge in [0.25, 0.3) is 5.91 Å². The van der Waals surface area contributed by atoms with Gasteiger partial charge in [-0.2, -0.15) is 5.10 Å². The Morgan fingerprint density at radius 3 is 2.67 bits per heavy atom. The van der Waals surface area contributed by atoms with E-state index in [9.17, 15) is 4.79 Å². The van der Waals surface area contributed by atoms with Crippen LogP contribution in [0.2, 0.25) is 0 Å². The number of amides is 1. The Morgan fingerprint density at radius 1 is 1.12 bits per heavy atom. The molecule has 0 unspecified atom stereocenters. The number of aryl methyl sites for hydroxylation is 1. The molecule has 0 aliphatic carbocycles. The average molecular weight is 328 g/mol. The lowest BCUT2D eigenvalue weighted by atomic mass is 10.2. The van der Waals surface area contributed by atoms with Gasteiger partial charge in [0.15, 0.2) is 6.61 Å². The molecule has 0 bridgehead atoms. The molecular formula is C18H20N2O4. The highest BCUT2D eigenvalue weighted by Crippen LogP contribution is 2.22. The van der Waals surface area contributed by atoms with Gasteiger partial charge in [-0.3, -0.25) is 4.79 Å². The van der Waals surface area contributed by atoms with Crippen LogP contribution >= 0.6 is 0 Å². The molecule has 0 atom stereocenters. The Balaban J connectivity index is 1.88. The van der Waals surface area contributed by atoms with Gasteiger partial charge >= 0.3 is 0 Å². The van der Waals surface area contributed by atoms with Crippen LogP contribution in [-0.4, -0.2) is 32.9 Å². The van der Waals surface area contributed by atoms with E-state index in [0.717, 1.165) is 11.1 Å². The van der Waals surface area contributed by atoms with Crippen LogP contribution in [0.25, 0.3) is 0 Å². The van der Waals surface area contributed by atoms with Crippen molar-refractivity contribution >= 4 is 12.1 Å². The summed E-state index contributed by atoms with van der Waals surface area (Å²) in [6.07, 6.45) is 1.50. The van der Waals surface area contributed by atoms with E-state index in [2.05, 4.69) is 10.5 Å². The molecule has 0 spiro atoms. The minimum atomic E-state index is -0.347. The number of rotatable bonds is 7. The van der Waals surface area contributed by atoms with E-state index in [1.807, 2.05) is 25.1 Å². The van der Waals surface area contributed by atoms with Crippen LogP contribution in [0.1, 0.15) is 11.1 Å². The number of nitrogens with one attached hydrogen (secondary N) is 1. The first-order chi connectivity index (χ1) is 11.6. The molecule has 0 aliphatic rings.